The van der Waals surface area contributed by atoms with Crippen LogP contribution in [-0.2, 0) is 28.6 Å². The Bertz CT molecular complexity index is 1360. The molecule has 0 spiro atoms. The van der Waals surface area contributed by atoms with Gasteiger partial charge in [-0.15, -0.1) is 0 Å². The zero-order valence-electron chi connectivity index (χ0n) is 44.3. The van der Waals surface area contributed by atoms with Gasteiger partial charge in [-0.25, -0.2) is 0 Å². The van der Waals surface area contributed by atoms with Gasteiger partial charge in [-0.1, -0.05) is 253 Å². The number of esters is 3. The van der Waals surface area contributed by atoms with Gasteiger partial charge in [-0.3, -0.25) is 14.4 Å². The summed E-state index contributed by atoms with van der Waals surface area (Å²) in [4.78, 5) is 38.0. The molecule has 68 heavy (non-hydrogen) atoms. The van der Waals surface area contributed by atoms with Gasteiger partial charge in [0.1, 0.15) is 13.2 Å². The fourth-order valence-corrected chi connectivity index (χ4v) is 7.63. The van der Waals surface area contributed by atoms with Gasteiger partial charge in [0.15, 0.2) is 6.10 Å². The molecule has 0 aliphatic carbocycles. The van der Waals surface area contributed by atoms with Crippen LogP contribution < -0.4 is 0 Å². The maximum atomic E-state index is 12.8. The van der Waals surface area contributed by atoms with E-state index in [1.54, 1.807) is 0 Å². The largest absolute Gasteiger partial charge is 0.462 e. The van der Waals surface area contributed by atoms with E-state index < -0.39 is 6.10 Å². The molecule has 0 aromatic carbocycles. The molecule has 6 nitrogen and oxygen atoms in total. The molecule has 0 aromatic rings. The van der Waals surface area contributed by atoms with E-state index in [1.807, 2.05) is 0 Å². The van der Waals surface area contributed by atoms with E-state index in [-0.39, 0.29) is 31.1 Å². The fraction of sp³-hybridized carbons (Fsp3) is 0.694. The van der Waals surface area contributed by atoms with Crippen molar-refractivity contribution in [2.75, 3.05) is 13.2 Å². The third kappa shape index (κ3) is 53.3. The first-order valence-corrected chi connectivity index (χ1v) is 28.2. The highest BCUT2D eigenvalue weighted by atomic mass is 16.6. The van der Waals surface area contributed by atoms with Crippen molar-refractivity contribution in [2.45, 2.75) is 264 Å². The molecule has 0 saturated heterocycles. The predicted octanol–water partition coefficient (Wildman–Crippen LogP) is 18.9. The molecule has 0 heterocycles. The molecule has 0 saturated carbocycles. The van der Waals surface area contributed by atoms with Crippen molar-refractivity contribution in [3.05, 3.63) is 97.2 Å². The fourth-order valence-electron chi connectivity index (χ4n) is 7.63. The number of carbonyl (C=O) groups is 3. The molecule has 0 fully saturated rings. The number of allylic oxidation sites excluding steroid dienone is 16. The van der Waals surface area contributed by atoms with Crippen molar-refractivity contribution in [3.8, 4) is 0 Å². The molecule has 1 atom stereocenters. The molecule has 0 amide bonds. The van der Waals surface area contributed by atoms with Crippen molar-refractivity contribution < 1.29 is 28.6 Å². The van der Waals surface area contributed by atoms with Gasteiger partial charge < -0.3 is 14.2 Å². The molecular weight excluding hydrogens is 841 g/mol. The maximum Gasteiger partial charge on any atom is 0.306 e. The molecule has 0 N–H and O–H groups in total. The van der Waals surface area contributed by atoms with Gasteiger partial charge in [0.05, 0.1) is 0 Å². The van der Waals surface area contributed by atoms with Gasteiger partial charge in [0.2, 0.25) is 0 Å². The summed E-state index contributed by atoms with van der Waals surface area (Å²) in [5.74, 6) is -0.934. The number of ether oxygens (including phenoxy) is 3. The first-order chi connectivity index (χ1) is 33.5. The Morgan fingerprint density at radius 3 is 0.897 bits per heavy atom. The summed E-state index contributed by atoms with van der Waals surface area (Å²) in [5.41, 5.74) is 0. The molecule has 388 valence electrons. The molecular formula is C62H104O6. The molecule has 0 bridgehead atoms. The number of rotatable bonds is 50. The summed E-state index contributed by atoms with van der Waals surface area (Å²) in [5, 5.41) is 0. The summed E-state index contributed by atoms with van der Waals surface area (Å²) in [6, 6.07) is 0. The van der Waals surface area contributed by atoms with Crippen LogP contribution in [0.25, 0.3) is 0 Å². The van der Waals surface area contributed by atoms with Gasteiger partial charge >= 0.3 is 17.9 Å². The average Bonchev–Trinajstić information content (AvgIpc) is 3.34. The van der Waals surface area contributed by atoms with Crippen LogP contribution in [0.3, 0.4) is 0 Å². The Labute approximate surface area is 419 Å². The van der Waals surface area contributed by atoms with E-state index in [2.05, 4.69) is 118 Å². The lowest BCUT2D eigenvalue weighted by atomic mass is 10.0. The second-order valence-electron chi connectivity index (χ2n) is 18.5. The molecule has 1 unspecified atom stereocenters. The van der Waals surface area contributed by atoms with Crippen LogP contribution in [0.2, 0.25) is 0 Å². The minimum absolute atomic E-state index is 0.0886. The van der Waals surface area contributed by atoms with Crippen LogP contribution in [0.5, 0.6) is 0 Å². The molecule has 0 aliphatic rings. The standard InChI is InChI=1S/C62H104O6/c1-4-7-10-13-16-19-21-23-25-26-27-28-29-30-31-32-33-34-35-36-37-39-40-43-46-49-52-55-61(64)67-58-59(57-66-60(63)54-51-48-45-42-18-15-12-9-6-3)68-62(65)56-53-50-47-44-41-38-24-22-20-17-14-11-8-5-2/h7,10,16,19,23,25,27-28,30-31,33-34,36-37,40,43,59H,4-6,8-9,11-15,17-18,20-22,24,26,29,32,35,38-39,41-42,44-58H2,1-3H3/b10-7-,19-16-,25-23-,28-27-,31-30-,34-33-,37-36-,43-40-. The van der Waals surface area contributed by atoms with Gasteiger partial charge in [-0.05, 0) is 83.5 Å². The van der Waals surface area contributed by atoms with E-state index in [1.165, 1.54) is 109 Å². The highest BCUT2D eigenvalue weighted by Crippen LogP contribution is 2.15. The van der Waals surface area contributed by atoms with Gasteiger partial charge in [0.25, 0.3) is 0 Å². The molecule has 0 rings (SSSR count). The highest BCUT2D eigenvalue weighted by molar-refractivity contribution is 5.71. The third-order valence-corrected chi connectivity index (χ3v) is 11.9. The monoisotopic (exact) mass is 945 g/mol. The van der Waals surface area contributed by atoms with E-state index in [0.29, 0.717) is 19.3 Å². The smallest absolute Gasteiger partial charge is 0.306 e. The average molecular weight is 946 g/mol. The Morgan fingerprint density at radius 1 is 0.309 bits per heavy atom. The van der Waals surface area contributed by atoms with Crippen LogP contribution in [0.1, 0.15) is 258 Å². The number of hydrogen-bond acceptors (Lipinski definition) is 6. The van der Waals surface area contributed by atoms with Crippen molar-refractivity contribution in [3.63, 3.8) is 0 Å². The number of hydrogen-bond donors (Lipinski definition) is 0. The van der Waals surface area contributed by atoms with Crippen molar-refractivity contribution in [2.24, 2.45) is 0 Å². The van der Waals surface area contributed by atoms with Crippen LogP contribution in [0, 0.1) is 0 Å². The Kier molecular flexibility index (Phi) is 52.9. The third-order valence-electron chi connectivity index (χ3n) is 11.9. The van der Waals surface area contributed by atoms with Crippen molar-refractivity contribution >= 4 is 17.9 Å². The summed E-state index contributed by atoms with van der Waals surface area (Å²) in [6.07, 6.45) is 74.1. The Morgan fingerprint density at radius 2 is 0.574 bits per heavy atom. The molecule has 0 aliphatic heterocycles. The van der Waals surface area contributed by atoms with Crippen LogP contribution >= 0.6 is 0 Å². The SMILES string of the molecule is CC/C=C\C/C=C\C/C=C\C/C=C\C/C=C\C/C=C\C/C=C\C/C=C\CCCCC(=O)OCC(COC(=O)CCCCCCCCCCC)OC(=O)CCCCCCCCCCCCCCCC. The maximum absolute atomic E-state index is 12.8. The van der Waals surface area contributed by atoms with Gasteiger partial charge in [0, 0.05) is 19.3 Å². The summed E-state index contributed by atoms with van der Waals surface area (Å²) >= 11 is 0. The first-order valence-electron chi connectivity index (χ1n) is 28.2. The summed E-state index contributed by atoms with van der Waals surface area (Å²) in [7, 11) is 0. The quantitative estimate of drug-likeness (QED) is 0.0262. The van der Waals surface area contributed by atoms with Crippen LogP contribution in [0.4, 0.5) is 0 Å². The highest BCUT2D eigenvalue weighted by Gasteiger charge is 2.19. The number of unbranched alkanes of at least 4 members (excludes halogenated alkanes) is 23. The lowest BCUT2D eigenvalue weighted by Gasteiger charge is -2.18. The van der Waals surface area contributed by atoms with Crippen LogP contribution in [0.15, 0.2) is 97.2 Å². The lowest BCUT2D eigenvalue weighted by Crippen LogP contribution is -2.30. The van der Waals surface area contributed by atoms with Gasteiger partial charge in [-0.2, -0.15) is 0 Å². The molecule has 0 aromatic heterocycles. The van der Waals surface area contributed by atoms with Crippen molar-refractivity contribution in [1.29, 1.82) is 0 Å². The Balaban J connectivity index is 4.34. The zero-order chi connectivity index (χ0) is 49.3. The first kappa shape index (κ1) is 64.3. The minimum atomic E-state index is -0.791. The molecule has 6 heteroatoms. The lowest BCUT2D eigenvalue weighted by molar-refractivity contribution is -0.167. The summed E-state index contributed by atoms with van der Waals surface area (Å²) < 4.78 is 16.8. The normalized spacial score (nSPS) is 12.8. The van der Waals surface area contributed by atoms with E-state index >= 15 is 0 Å². The van der Waals surface area contributed by atoms with E-state index in [0.717, 1.165) is 109 Å². The van der Waals surface area contributed by atoms with Crippen molar-refractivity contribution in [1.82, 2.24) is 0 Å². The Hall–Kier alpha value is -3.67. The summed E-state index contributed by atoms with van der Waals surface area (Å²) in [6.45, 7) is 6.47. The second-order valence-corrected chi connectivity index (χ2v) is 18.5. The molecule has 0 radical (unpaired) electrons. The van der Waals surface area contributed by atoms with E-state index in [4.69, 9.17) is 14.2 Å². The number of carbonyl (C=O) groups excluding carboxylic acids is 3. The second kappa shape index (κ2) is 55.9. The van der Waals surface area contributed by atoms with Crippen LogP contribution in [-0.4, -0.2) is 37.2 Å². The zero-order valence-corrected chi connectivity index (χ0v) is 44.3. The minimum Gasteiger partial charge on any atom is -0.462 e. The topological polar surface area (TPSA) is 78.9 Å². The van der Waals surface area contributed by atoms with E-state index in [9.17, 15) is 14.4 Å². The predicted molar refractivity (Wildman–Crippen MR) is 293 cm³/mol.